The molecule has 0 aliphatic rings. The Bertz CT molecular complexity index is 415. The fourth-order valence-corrected chi connectivity index (χ4v) is 1.56. The summed E-state index contributed by atoms with van der Waals surface area (Å²) in [6.45, 7) is 0.588. The number of hydrogen-bond donors (Lipinski definition) is 1. The molecule has 0 saturated heterocycles. The second-order valence-electron chi connectivity index (χ2n) is 3.78. The van der Waals surface area contributed by atoms with Crippen LogP contribution >= 0.6 is 11.6 Å². The first-order valence-corrected chi connectivity index (χ1v) is 5.80. The molecular weight excluding hydrogens is 264 g/mol. The lowest BCUT2D eigenvalue weighted by atomic mass is 10.1. The van der Waals surface area contributed by atoms with Crippen LogP contribution in [-0.4, -0.2) is 31.5 Å². The summed E-state index contributed by atoms with van der Waals surface area (Å²) in [7, 11) is 1.51. The predicted octanol–water partition coefficient (Wildman–Crippen LogP) is 1.88. The van der Waals surface area contributed by atoms with Crippen LogP contribution in [0.15, 0.2) is 18.2 Å². The molecule has 0 aromatic heterocycles. The Balaban J connectivity index is 2.42. The van der Waals surface area contributed by atoms with Crippen LogP contribution < -0.4 is 5.32 Å². The van der Waals surface area contributed by atoms with E-state index in [-0.39, 0.29) is 24.2 Å². The number of rotatable bonds is 6. The van der Waals surface area contributed by atoms with Crippen LogP contribution in [0.5, 0.6) is 0 Å². The molecule has 1 unspecified atom stereocenters. The number of alkyl halides is 1. The largest absolute Gasteiger partial charge is 0.383 e. The summed E-state index contributed by atoms with van der Waals surface area (Å²) >= 11 is 5.82. The highest BCUT2D eigenvalue weighted by Crippen LogP contribution is 2.09. The van der Waals surface area contributed by atoms with Crippen molar-refractivity contribution in [2.45, 2.75) is 11.8 Å². The third-order valence-electron chi connectivity index (χ3n) is 2.22. The predicted molar refractivity (Wildman–Crippen MR) is 64.6 cm³/mol. The lowest BCUT2D eigenvalue weighted by Crippen LogP contribution is -2.32. The lowest BCUT2D eigenvalue weighted by molar-refractivity contribution is -0.120. The molecule has 18 heavy (non-hydrogen) atoms. The fourth-order valence-electron chi connectivity index (χ4n) is 1.36. The molecule has 0 bridgehead atoms. The first kappa shape index (κ1) is 14.9. The van der Waals surface area contributed by atoms with Crippen molar-refractivity contribution < 1.29 is 18.3 Å². The van der Waals surface area contributed by atoms with Gasteiger partial charge in [0.25, 0.3) is 0 Å². The normalized spacial score (nSPS) is 12.2. The van der Waals surface area contributed by atoms with E-state index in [2.05, 4.69) is 5.32 Å². The molecule has 0 fully saturated rings. The Morgan fingerprint density at radius 3 is 2.78 bits per heavy atom. The molecule has 0 radical (unpaired) electrons. The van der Waals surface area contributed by atoms with Gasteiger partial charge >= 0.3 is 0 Å². The van der Waals surface area contributed by atoms with Crippen molar-refractivity contribution in [3.05, 3.63) is 35.4 Å². The monoisotopic (exact) mass is 277 g/mol. The highest BCUT2D eigenvalue weighted by atomic mass is 35.5. The molecule has 100 valence electrons. The van der Waals surface area contributed by atoms with Crippen molar-refractivity contribution in [1.82, 2.24) is 5.32 Å². The van der Waals surface area contributed by atoms with Gasteiger partial charge in [0.2, 0.25) is 5.91 Å². The highest BCUT2D eigenvalue weighted by molar-refractivity contribution is 6.21. The van der Waals surface area contributed by atoms with Crippen molar-refractivity contribution in [2.75, 3.05) is 20.3 Å². The van der Waals surface area contributed by atoms with Gasteiger partial charge in [0.15, 0.2) is 11.6 Å². The molecule has 1 atom stereocenters. The number of benzene rings is 1. The zero-order chi connectivity index (χ0) is 13.5. The van der Waals surface area contributed by atoms with Gasteiger partial charge in [0.1, 0.15) is 0 Å². The van der Waals surface area contributed by atoms with E-state index in [1.807, 2.05) is 0 Å². The van der Waals surface area contributed by atoms with E-state index in [9.17, 15) is 13.6 Å². The summed E-state index contributed by atoms with van der Waals surface area (Å²) < 4.78 is 30.4. The van der Waals surface area contributed by atoms with E-state index < -0.39 is 11.6 Å². The van der Waals surface area contributed by atoms with Crippen LogP contribution in [0, 0.1) is 11.6 Å². The Kier molecular flexibility index (Phi) is 6.01. The van der Waals surface area contributed by atoms with E-state index >= 15 is 0 Å². The number of nitrogens with one attached hydrogen (secondary N) is 1. The van der Waals surface area contributed by atoms with Crippen LogP contribution in [-0.2, 0) is 16.0 Å². The van der Waals surface area contributed by atoms with Crippen molar-refractivity contribution in [3.63, 3.8) is 0 Å². The molecule has 6 heteroatoms. The van der Waals surface area contributed by atoms with Crippen LogP contribution in [0.3, 0.4) is 0 Å². The van der Waals surface area contributed by atoms with Crippen LogP contribution in [0.2, 0.25) is 0 Å². The molecule has 0 aliphatic carbocycles. The van der Waals surface area contributed by atoms with E-state index in [4.69, 9.17) is 16.3 Å². The third-order valence-corrected chi connectivity index (χ3v) is 2.50. The molecule has 0 aliphatic heterocycles. The van der Waals surface area contributed by atoms with E-state index in [1.54, 1.807) is 0 Å². The SMILES string of the molecule is COCC(Cl)CNC(=O)Cc1ccc(F)c(F)c1. The smallest absolute Gasteiger partial charge is 0.224 e. The van der Waals surface area contributed by atoms with Gasteiger partial charge in [-0.05, 0) is 17.7 Å². The number of ether oxygens (including phenoxy) is 1. The number of methoxy groups -OCH3 is 1. The maximum absolute atomic E-state index is 12.9. The first-order valence-electron chi connectivity index (χ1n) is 5.36. The van der Waals surface area contributed by atoms with Gasteiger partial charge in [-0.15, -0.1) is 11.6 Å². The maximum Gasteiger partial charge on any atom is 0.224 e. The third kappa shape index (κ3) is 4.98. The van der Waals surface area contributed by atoms with E-state index in [0.717, 1.165) is 12.1 Å². The highest BCUT2D eigenvalue weighted by Gasteiger charge is 2.09. The van der Waals surface area contributed by atoms with Crippen molar-refractivity contribution in [1.29, 1.82) is 0 Å². The summed E-state index contributed by atoms with van der Waals surface area (Å²) in [6, 6.07) is 3.36. The summed E-state index contributed by atoms with van der Waals surface area (Å²) in [5.74, 6) is -2.20. The fraction of sp³-hybridized carbons (Fsp3) is 0.417. The van der Waals surface area contributed by atoms with Gasteiger partial charge in [-0.3, -0.25) is 4.79 Å². The van der Waals surface area contributed by atoms with Gasteiger partial charge in [0, 0.05) is 13.7 Å². The minimum Gasteiger partial charge on any atom is -0.383 e. The maximum atomic E-state index is 12.9. The minimum absolute atomic E-state index is 0.0200. The van der Waals surface area contributed by atoms with Crippen LogP contribution in [0.4, 0.5) is 8.78 Å². The van der Waals surface area contributed by atoms with Gasteiger partial charge in [0.05, 0.1) is 18.4 Å². The standard InChI is InChI=1S/C12H14ClF2NO2/c1-18-7-9(13)6-16-12(17)5-8-2-3-10(14)11(15)4-8/h2-4,9H,5-7H2,1H3,(H,16,17). The average molecular weight is 278 g/mol. The summed E-state index contributed by atoms with van der Waals surface area (Å²) in [4.78, 5) is 11.5. The Hall–Kier alpha value is -1.20. The topological polar surface area (TPSA) is 38.3 Å². The quantitative estimate of drug-likeness (QED) is 0.807. The van der Waals surface area contributed by atoms with Crippen molar-refractivity contribution in [2.24, 2.45) is 0 Å². The van der Waals surface area contributed by atoms with Gasteiger partial charge in [-0.1, -0.05) is 6.07 Å². The molecule has 1 aromatic carbocycles. The van der Waals surface area contributed by atoms with Crippen molar-refractivity contribution >= 4 is 17.5 Å². The number of hydrogen-bond acceptors (Lipinski definition) is 2. The summed E-state index contributed by atoms with van der Waals surface area (Å²) in [6.07, 6.45) is -0.0200. The van der Waals surface area contributed by atoms with Gasteiger partial charge < -0.3 is 10.1 Å². The molecule has 1 N–H and O–H groups in total. The van der Waals surface area contributed by atoms with Gasteiger partial charge in [-0.25, -0.2) is 8.78 Å². The van der Waals surface area contributed by atoms with Crippen LogP contribution in [0.25, 0.3) is 0 Å². The first-order chi connectivity index (χ1) is 8.52. The molecule has 3 nitrogen and oxygen atoms in total. The lowest BCUT2D eigenvalue weighted by Gasteiger charge is -2.09. The number of carbonyl (C=O) groups excluding carboxylic acids is 1. The molecular formula is C12H14ClF2NO2. The van der Waals surface area contributed by atoms with Crippen LogP contribution in [0.1, 0.15) is 5.56 Å². The Morgan fingerprint density at radius 1 is 1.44 bits per heavy atom. The zero-order valence-electron chi connectivity index (χ0n) is 9.88. The van der Waals surface area contributed by atoms with Gasteiger partial charge in [-0.2, -0.15) is 0 Å². The molecule has 1 aromatic rings. The van der Waals surface area contributed by atoms with E-state index in [1.165, 1.54) is 13.2 Å². The minimum atomic E-state index is -0.963. The second-order valence-corrected chi connectivity index (χ2v) is 4.40. The average Bonchev–Trinajstić information content (AvgIpc) is 2.32. The molecule has 1 rings (SSSR count). The summed E-state index contributed by atoms with van der Waals surface area (Å²) in [5, 5.41) is 2.27. The second kappa shape index (κ2) is 7.28. The summed E-state index contributed by atoms with van der Waals surface area (Å²) in [5.41, 5.74) is 0.407. The Labute approximate surface area is 109 Å². The molecule has 0 heterocycles. The zero-order valence-corrected chi connectivity index (χ0v) is 10.6. The number of amides is 1. The van der Waals surface area contributed by atoms with E-state index in [0.29, 0.717) is 12.2 Å². The number of halogens is 3. The Morgan fingerprint density at radius 2 is 2.17 bits per heavy atom. The molecule has 0 spiro atoms. The molecule has 1 amide bonds. The molecule has 0 saturated carbocycles. The number of carbonyl (C=O) groups is 1. The van der Waals surface area contributed by atoms with Crippen molar-refractivity contribution in [3.8, 4) is 0 Å².